The van der Waals surface area contributed by atoms with Crippen LogP contribution in [0.4, 0.5) is 0 Å². The van der Waals surface area contributed by atoms with Crippen LogP contribution in [-0.4, -0.2) is 61.3 Å². The lowest BCUT2D eigenvalue weighted by Gasteiger charge is -2.35. The molecular weight excluding hydrogens is 453 g/mol. The standard InChI is InChI=1S/C20H35N5O.HI/c1-5-21-20(22-14-18-8-6-7-17(4)24-18)23-15-19(13-16(2)3)25-9-11-26-12-10-25;/h6-8,16,19H,5,9-15H2,1-4H3,(H2,21,22,23);1H. The smallest absolute Gasteiger partial charge is 0.191 e. The number of guanidine groups is 1. The van der Waals surface area contributed by atoms with Crippen molar-refractivity contribution >= 4 is 29.9 Å². The molecule has 2 rings (SSSR count). The number of pyridine rings is 1. The number of hydrogen-bond acceptors (Lipinski definition) is 4. The van der Waals surface area contributed by atoms with Gasteiger partial charge in [0, 0.05) is 37.9 Å². The van der Waals surface area contributed by atoms with Crippen LogP contribution in [-0.2, 0) is 11.3 Å². The Hall–Kier alpha value is -0.930. The Labute approximate surface area is 181 Å². The molecule has 154 valence electrons. The van der Waals surface area contributed by atoms with E-state index in [1.54, 1.807) is 0 Å². The molecule has 0 bridgehead atoms. The molecule has 1 aromatic heterocycles. The van der Waals surface area contributed by atoms with Crippen molar-refractivity contribution in [3.05, 3.63) is 29.6 Å². The van der Waals surface area contributed by atoms with Gasteiger partial charge in [-0.25, -0.2) is 4.99 Å². The molecule has 1 aromatic rings. The van der Waals surface area contributed by atoms with E-state index < -0.39 is 0 Å². The third kappa shape index (κ3) is 9.21. The van der Waals surface area contributed by atoms with Crippen molar-refractivity contribution in [3.8, 4) is 0 Å². The van der Waals surface area contributed by atoms with E-state index in [2.05, 4.69) is 41.3 Å². The first-order valence-corrected chi connectivity index (χ1v) is 9.85. The third-order valence-corrected chi connectivity index (χ3v) is 4.50. The molecule has 0 radical (unpaired) electrons. The highest BCUT2D eigenvalue weighted by Gasteiger charge is 2.22. The third-order valence-electron chi connectivity index (χ3n) is 4.50. The topological polar surface area (TPSA) is 61.8 Å². The number of morpholine rings is 1. The van der Waals surface area contributed by atoms with Gasteiger partial charge in [-0.15, -0.1) is 24.0 Å². The van der Waals surface area contributed by atoms with Crippen molar-refractivity contribution in [2.24, 2.45) is 10.9 Å². The van der Waals surface area contributed by atoms with Crippen LogP contribution in [0, 0.1) is 12.8 Å². The molecule has 1 aliphatic rings. The molecule has 0 aromatic carbocycles. The van der Waals surface area contributed by atoms with Crippen molar-refractivity contribution in [2.75, 3.05) is 39.4 Å². The van der Waals surface area contributed by atoms with E-state index in [-0.39, 0.29) is 24.0 Å². The van der Waals surface area contributed by atoms with Gasteiger partial charge in [-0.3, -0.25) is 9.88 Å². The SMILES string of the molecule is CCNC(=NCc1cccc(C)n1)NCC(CC(C)C)N1CCOCC1.I. The molecule has 1 fully saturated rings. The summed E-state index contributed by atoms with van der Waals surface area (Å²) in [5.74, 6) is 1.53. The minimum absolute atomic E-state index is 0. The molecule has 1 unspecified atom stereocenters. The number of halogens is 1. The average molecular weight is 489 g/mol. The summed E-state index contributed by atoms with van der Waals surface area (Å²) in [5, 5.41) is 6.88. The number of ether oxygens (including phenoxy) is 1. The lowest BCUT2D eigenvalue weighted by Crippen LogP contribution is -2.51. The van der Waals surface area contributed by atoms with Crippen molar-refractivity contribution in [1.82, 2.24) is 20.5 Å². The molecular formula is C20H36IN5O. The predicted molar refractivity (Wildman–Crippen MR) is 123 cm³/mol. The van der Waals surface area contributed by atoms with E-state index in [1.165, 1.54) is 6.42 Å². The Bertz CT molecular complexity index is 561. The van der Waals surface area contributed by atoms with Crippen molar-refractivity contribution in [3.63, 3.8) is 0 Å². The quantitative estimate of drug-likeness (QED) is 0.334. The molecule has 1 aliphatic heterocycles. The van der Waals surface area contributed by atoms with Crippen LogP contribution in [0.25, 0.3) is 0 Å². The first kappa shape index (κ1) is 24.1. The molecule has 6 nitrogen and oxygen atoms in total. The molecule has 0 saturated carbocycles. The Kier molecular flexibility index (Phi) is 11.9. The summed E-state index contributed by atoms with van der Waals surface area (Å²) in [7, 11) is 0. The molecule has 27 heavy (non-hydrogen) atoms. The number of aromatic nitrogens is 1. The summed E-state index contributed by atoms with van der Waals surface area (Å²) in [6.45, 7) is 14.7. The zero-order chi connectivity index (χ0) is 18.8. The molecule has 1 saturated heterocycles. The minimum Gasteiger partial charge on any atom is -0.379 e. The fourth-order valence-electron chi connectivity index (χ4n) is 3.25. The maximum absolute atomic E-state index is 5.51. The van der Waals surface area contributed by atoms with Crippen LogP contribution in [0.15, 0.2) is 23.2 Å². The largest absolute Gasteiger partial charge is 0.379 e. The van der Waals surface area contributed by atoms with Crippen molar-refractivity contribution in [1.29, 1.82) is 0 Å². The first-order chi connectivity index (χ1) is 12.6. The second kappa shape index (κ2) is 13.3. The van der Waals surface area contributed by atoms with E-state index >= 15 is 0 Å². The second-order valence-electron chi connectivity index (χ2n) is 7.28. The Balaban J connectivity index is 0.00000364. The van der Waals surface area contributed by atoms with E-state index in [9.17, 15) is 0 Å². The van der Waals surface area contributed by atoms with E-state index in [0.717, 1.165) is 56.7 Å². The maximum atomic E-state index is 5.51. The Morgan fingerprint density at radius 2 is 2.00 bits per heavy atom. The van der Waals surface area contributed by atoms with Gasteiger partial charge >= 0.3 is 0 Å². The number of hydrogen-bond donors (Lipinski definition) is 2. The van der Waals surface area contributed by atoms with Crippen LogP contribution < -0.4 is 10.6 Å². The predicted octanol–water partition coefficient (Wildman–Crippen LogP) is 2.81. The van der Waals surface area contributed by atoms with Gasteiger partial charge in [-0.1, -0.05) is 19.9 Å². The van der Waals surface area contributed by atoms with Crippen LogP contribution in [0.5, 0.6) is 0 Å². The van der Waals surface area contributed by atoms with Gasteiger partial charge < -0.3 is 15.4 Å². The number of rotatable bonds is 8. The van der Waals surface area contributed by atoms with Crippen LogP contribution in [0.2, 0.25) is 0 Å². The van der Waals surface area contributed by atoms with Crippen LogP contribution in [0.3, 0.4) is 0 Å². The minimum atomic E-state index is 0. The fourth-order valence-corrected chi connectivity index (χ4v) is 3.25. The first-order valence-electron chi connectivity index (χ1n) is 9.85. The van der Waals surface area contributed by atoms with Gasteiger partial charge in [-0.05, 0) is 38.3 Å². The van der Waals surface area contributed by atoms with E-state index in [1.807, 2.05) is 25.1 Å². The molecule has 2 heterocycles. The summed E-state index contributed by atoms with van der Waals surface area (Å²) < 4.78 is 5.51. The van der Waals surface area contributed by atoms with Gasteiger partial charge in [0.15, 0.2) is 5.96 Å². The van der Waals surface area contributed by atoms with Gasteiger partial charge in [0.25, 0.3) is 0 Å². The summed E-state index contributed by atoms with van der Waals surface area (Å²) in [5.41, 5.74) is 2.02. The molecule has 2 N–H and O–H groups in total. The average Bonchev–Trinajstić information content (AvgIpc) is 2.63. The number of aryl methyl sites for hydroxylation is 1. The normalized spacial score (nSPS) is 16.7. The molecule has 0 spiro atoms. The lowest BCUT2D eigenvalue weighted by molar-refractivity contribution is 0.0132. The van der Waals surface area contributed by atoms with Gasteiger partial charge in [0.2, 0.25) is 0 Å². The van der Waals surface area contributed by atoms with Crippen molar-refractivity contribution in [2.45, 2.75) is 46.7 Å². The van der Waals surface area contributed by atoms with Crippen LogP contribution >= 0.6 is 24.0 Å². The summed E-state index contributed by atoms with van der Waals surface area (Å²) >= 11 is 0. The number of nitrogens with zero attached hydrogens (tertiary/aromatic N) is 3. The summed E-state index contributed by atoms with van der Waals surface area (Å²) in [6, 6.07) is 6.56. The van der Waals surface area contributed by atoms with E-state index in [4.69, 9.17) is 9.73 Å². The molecule has 1 atom stereocenters. The second-order valence-corrected chi connectivity index (χ2v) is 7.28. The summed E-state index contributed by atoms with van der Waals surface area (Å²) in [4.78, 5) is 11.8. The lowest BCUT2D eigenvalue weighted by atomic mass is 10.0. The Morgan fingerprint density at radius 3 is 2.63 bits per heavy atom. The molecule has 0 amide bonds. The van der Waals surface area contributed by atoms with Gasteiger partial charge in [0.05, 0.1) is 25.5 Å². The molecule has 7 heteroatoms. The fraction of sp³-hybridized carbons (Fsp3) is 0.700. The van der Waals surface area contributed by atoms with Gasteiger partial charge in [-0.2, -0.15) is 0 Å². The van der Waals surface area contributed by atoms with Gasteiger partial charge in [0.1, 0.15) is 0 Å². The van der Waals surface area contributed by atoms with Crippen molar-refractivity contribution < 1.29 is 4.74 Å². The number of aliphatic imine (C=N–C) groups is 1. The highest BCUT2D eigenvalue weighted by Crippen LogP contribution is 2.13. The highest BCUT2D eigenvalue weighted by atomic mass is 127. The zero-order valence-electron chi connectivity index (χ0n) is 17.2. The molecule has 0 aliphatic carbocycles. The Morgan fingerprint density at radius 1 is 1.26 bits per heavy atom. The maximum Gasteiger partial charge on any atom is 0.191 e. The monoisotopic (exact) mass is 489 g/mol. The number of nitrogens with one attached hydrogen (secondary N) is 2. The highest BCUT2D eigenvalue weighted by molar-refractivity contribution is 14.0. The van der Waals surface area contributed by atoms with Crippen LogP contribution in [0.1, 0.15) is 38.6 Å². The summed E-state index contributed by atoms with van der Waals surface area (Å²) in [6.07, 6.45) is 1.17. The van der Waals surface area contributed by atoms with E-state index in [0.29, 0.717) is 18.5 Å². The zero-order valence-corrected chi connectivity index (χ0v) is 19.5.